The molecule has 2 amide bonds. The van der Waals surface area contributed by atoms with Crippen LogP contribution in [0, 0.1) is 12.8 Å². The topological polar surface area (TPSA) is 62.6 Å². The van der Waals surface area contributed by atoms with Crippen LogP contribution in [0.1, 0.15) is 36.8 Å². The molecule has 1 saturated heterocycles. The van der Waals surface area contributed by atoms with E-state index in [1.165, 1.54) is 11.0 Å². The minimum atomic E-state index is -0.541. The van der Waals surface area contributed by atoms with Gasteiger partial charge in [0.15, 0.2) is 5.43 Å². The summed E-state index contributed by atoms with van der Waals surface area (Å²) in [6, 6.07) is 0.912. The second-order valence-corrected chi connectivity index (χ2v) is 6.66. The fourth-order valence-electron chi connectivity index (χ4n) is 2.87. The van der Waals surface area contributed by atoms with E-state index < -0.39 is 6.04 Å². The number of carbonyl (C=O) groups excluding carboxylic acids is 2. The number of rotatable bonds is 3. The molecule has 0 radical (unpaired) electrons. The van der Waals surface area contributed by atoms with Crippen molar-refractivity contribution < 1.29 is 9.59 Å². The van der Waals surface area contributed by atoms with Crippen molar-refractivity contribution in [1.29, 1.82) is 0 Å². The van der Waals surface area contributed by atoms with Crippen molar-refractivity contribution in [1.82, 2.24) is 14.4 Å². The van der Waals surface area contributed by atoms with Crippen molar-refractivity contribution in [3.63, 3.8) is 0 Å². The summed E-state index contributed by atoms with van der Waals surface area (Å²) >= 11 is 0. The number of aryl methyl sites for hydroxylation is 2. The van der Waals surface area contributed by atoms with Crippen LogP contribution in [0.25, 0.3) is 0 Å². The summed E-state index contributed by atoms with van der Waals surface area (Å²) < 4.78 is 1.75. The summed E-state index contributed by atoms with van der Waals surface area (Å²) in [6.07, 6.45) is 1.55. The van der Waals surface area contributed by atoms with Crippen molar-refractivity contribution in [3.05, 3.63) is 33.7 Å². The summed E-state index contributed by atoms with van der Waals surface area (Å²) in [4.78, 5) is 40.6. The van der Waals surface area contributed by atoms with E-state index in [1.807, 2.05) is 6.92 Å². The van der Waals surface area contributed by atoms with Gasteiger partial charge in [-0.2, -0.15) is 0 Å². The highest BCUT2D eigenvalue weighted by Gasteiger charge is 2.35. The summed E-state index contributed by atoms with van der Waals surface area (Å²) in [7, 11) is 1.79. The van der Waals surface area contributed by atoms with Crippen LogP contribution in [0.15, 0.2) is 17.1 Å². The molecule has 126 valence electrons. The lowest BCUT2D eigenvalue weighted by atomic mass is 10.1. The zero-order valence-electron chi connectivity index (χ0n) is 14.5. The van der Waals surface area contributed by atoms with E-state index in [0.717, 1.165) is 5.69 Å². The molecule has 0 aromatic carbocycles. The van der Waals surface area contributed by atoms with Crippen LogP contribution < -0.4 is 5.43 Å². The molecule has 6 heteroatoms. The molecule has 0 unspecified atom stereocenters. The summed E-state index contributed by atoms with van der Waals surface area (Å²) in [5.41, 5.74) is 0.613. The van der Waals surface area contributed by atoms with Gasteiger partial charge >= 0.3 is 0 Å². The lowest BCUT2D eigenvalue weighted by Crippen LogP contribution is -2.58. The molecule has 1 aromatic rings. The molecule has 0 spiro atoms. The van der Waals surface area contributed by atoms with Gasteiger partial charge in [0.05, 0.1) is 0 Å². The standard InChI is InChI=1S/C17H25N3O3/c1-11(2)9-19-6-7-20(13(4)16(19)22)17(23)14-10-18(5)12(3)8-15(14)21/h8,10-11,13H,6-7,9H2,1-5H3/t13-/m1/s1. The van der Waals surface area contributed by atoms with Gasteiger partial charge in [0.25, 0.3) is 5.91 Å². The van der Waals surface area contributed by atoms with Gasteiger partial charge in [0.1, 0.15) is 11.6 Å². The normalized spacial score (nSPS) is 18.7. The summed E-state index contributed by atoms with van der Waals surface area (Å²) in [5, 5.41) is 0. The van der Waals surface area contributed by atoms with E-state index in [9.17, 15) is 14.4 Å². The smallest absolute Gasteiger partial charge is 0.260 e. The van der Waals surface area contributed by atoms with Crippen LogP contribution in [-0.4, -0.2) is 51.9 Å². The van der Waals surface area contributed by atoms with E-state index in [2.05, 4.69) is 13.8 Å². The molecule has 1 fully saturated rings. The van der Waals surface area contributed by atoms with Crippen molar-refractivity contribution in [3.8, 4) is 0 Å². The number of nitrogens with zero attached hydrogens (tertiary/aromatic N) is 3. The first-order chi connectivity index (χ1) is 10.7. The van der Waals surface area contributed by atoms with Crippen LogP contribution in [-0.2, 0) is 11.8 Å². The van der Waals surface area contributed by atoms with Gasteiger partial charge in [-0.1, -0.05) is 13.8 Å². The fourth-order valence-corrected chi connectivity index (χ4v) is 2.87. The molecule has 23 heavy (non-hydrogen) atoms. The third-order valence-electron chi connectivity index (χ3n) is 4.31. The Morgan fingerprint density at radius 1 is 1.30 bits per heavy atom. The van der Waals surface area contributed by atoms with Gasteiger partial charge in [-0.3, -0.25) is 14.4 Å². The van der Waals surface area contributed by atoms with Crippen LogP contribution in [0.3, 0.4) is 0 Å². The van der Waals surface area contributed by atoms with Gasteiger partial charge in [-0.15, -0.1) is 0 Å². The summed E-state index contributed by atoms with van der Waals surface area (Å²) in [6.45, 7) is 9.32. The molecule has 0 N–H and O–H groups in total. The highest BCUT2D eigenvalue weighted by molar-refractivity contribution is 5.97. The van der Waals surface area contributed by atoms with Crippen molar-refractivity contribution in [2.45, 2.75) is 33.7 Å². The predicted octanol–water partition coefficient (Wildman–Crippen LogP) is 1.02. The molecule has 6 nitrogen and oxygen atoms in total. The average Bonchev–Trinajstić information content (AvgIpc) is 2.47. The van der Waals surface area contributed by atoms with Crippen molar-refractivity contribution >= 4 is 11.8 Å². The van der Waals surface area contributed by atoms with E-state index in [1.54, 1.807) is 29.6 Å². The number of pyridine rings is 1. The second-order valence-electron chi connectivity index (χ2n) is 6.66. The Bertz CT molecular complexity index is 678. The molecular formula is C17H25N3O3. The molecule has 0 saturated carbocycles. The lowest BCUT2D eigenvalue weighted by Gasteiger charge is -2.39. The molecule has 1 aliphatic heterocycles. The highest BCUT2D eigenvalue weighted by Crippen LogP contribution is 2.15. The van der Waals surface area contributed by atoms with E-state index in [0.29, 0.717) is 25.6 Å². The molecule has 2 heterocycles. The SMILES string of the molecule is Cc1cc(=O)c(C(=O)N2CCN(CC(C)C)C(=O)[C@H]2C)cn1C. The molecule has 2 rings (SSSR count). The Kier molecular flexibility index (Phi) is 4.92. The van der Waals surface area contributed by atoms with Crippen LogP contribution in [0.2, 0.25) is 0 Å². The van der Waals surface area contributed by atoms with Crippen LogP contribution >= 0.6 is 0 Å². The number of hydrogen-bond acceptors (Lipinski definition) is 3. The van der Waals surface area contributed by atoms with E-state index in [4.69, 9.17) is 0 Å². The number of hydrogen-bond donors (Lipinski definition) is 0. The Balaban J connectivity index is 2.23. The molecular weight excluding hydrogens is 294 g/mol. The molecule has 0 bridgehead atoms. The summed E-state index contributed by atoms with van der Waals surface area (Å²) in [5.74, 6) is -0.0318. The van der Waals surface area contributed by atoms with E-state index in [-0.39, 0.29) is 22.8 Å². The zero-order valence-corrected chi connectivity index (χ0v) is 14.5. The maximum atomic E-state index is 12.7. The molecule has 0 aliphatic carbocycles. The predicted molar refractivity (Wildman–Crippen MR) is 88.3 cm³/mol. The van der Waals surface area contributed by atoms with Crippen LogP contribution in [0.4, 0.5) is 0 Å². The van der Waals surface area contributed by atoms with Gasteiger partial charge in [0.2, 0.25) is 5.91 Å². The van der Waals surface area contributed by atoms with Crippen molar-refractivity contribution in [2.24, 2.45) is 13.0 Å². The third kappa shape index (κ3) is 3.46. The average molecular weight is 319 g/mol. The van der Waals surface area contributed by atoms with Gasteiger partial charge < -0.3 is 14.4 Å². The molecule has 1 aliphatic rings. The number of aromatic nitrogens is 1. The Labute approximate surface area is 136 Å². The first-order valence-electron chi connectivity index (χ1n) is 7.99. The highest BCUT2D eigenvalue weighted by atomic mass is 16.2. The third-order valence-corrected chi connectivity index (χ3v) is 4.31. The first-order valence-corrected chi connectivity index (χ1v) is 7.99. The second kappa shape index (κ2) is 6.56. The molecule has 1 atom stereocenters. The van der Waals surface area contributed by atoms with Gasteiger partial charge in [0, 0.05) is 44.6 Å². The Morgan fingerprint density at radius 2 is 1.96 bits per heavy atom. The van der Waals surface area contributed by atoms with Gasteiger partial charge in [-0.25, -0.2) is 0 Å². The van der Waals surface area contributed by atoms with Crippen LogP contribution in [0.5, 0.6) is 0 Å². The maximum absolute atomic E-state index is 12.7. The first kappa shape index (κ1) is 17.2. The minimum absolute atomic E-state index is 0.0535. The maximum Gasteiger partial charge on any atom is 0.260 e. The van der Waals surface area contributed by atoms with Gasteiger partial charge in [-0.05, 0) is 19.8 Å². The monoisotopic (exact) mass is 319 g/mol. The number of carbonyl (C=O) groups is 2. The number of piperazine rings is 1. The van der Waals surface area contributed by atoms with Crippen molar-refractivity contribution in [2.75, 3.05) is 19.6 Å². The Hall–Kier alpha value is -2.11. The quantitative estimate of drug-likeness (QED) is 0.836. The Morgan fingerprint density at radius 3 is 2.57 bits per heavy atom. The van der Waals surface area contributed by atoms with E-state index >= 15 is 0 Å². The fraction of sp³-hybridized carbons (Fsp3) is 0.588. The molecule has 1 aromatic heterocycles. The zero-order chi connectivity index (χ0) is 17.3. The lowest BCUT2D eigenvalue weighted by molar-refractivity contribution is -0.140. The minimum Gasteiger partial charge on any atom is -0.354 e. The number of amides is 2. The largest absolute Gasteiger partial charge is 0.354 e.